The van der Waals surface area contributed by atoms with Crippen molar-refractivity contribution in [1.29, 1.82) is 0 Å². The van der Waals surface area contributed by atoms with Gasteiger partial charge in [0.15, 0.2) is 0 Å². The lowest BCUT2D eigenvalue weighted by Gasteiger charge is -2.13. The van der Waals surface area contributed by atoms with E-state index < -0.39 is 0 Å². The van der Waals surface area contributed by atoms with Crippen LogP contribution < -0.4 is 15.4 Å². The maximum absolute atomic E-state index is 11.7. The van der Waals surface area contributed by atoms with Gasteiger partial charge in [0.1, 0.15) is 12.4 Å². The van der Waals surface area contributed by atoms with Crippen molar-refractivity contribution >= 4 is 18.3 Å². The normalized spacial score (nSPS) is 9.95. The highest BCUT2D eigenvalue weighted by atomic mass is 35.5. The zero-order chi connectivity index (χ0) is 15.5. The number of carbonyl (C=O) groups is 1. The van der Waals surface area contributed by atoms with E-state index in [-0.39, 0.29) is 18.3 Å². The number of rotatable bonds is 10. The number of ether oxygens (including phenoxy) is 2. The number of aryl methyl sites for hydroxylation is 1. The number of carbonyl (C=O) groups excluding carboxylic acids is 1. The van der Waals surface area contributed by atoms with Gasteiger partial charge in [-0.05, 0) is 38.6 Å². The van der Waals surface area contributed by atoms with E-state index >= 15 is 0 Å². The van der Waals surface area contributed by atoms with Crippen LogP contribution in [0.1, 0.15) is 24.0 Å². The molecule has 22 heavy (non-hydrogen) atoms. The van der Waals surface area contributed by atoms with Gasteiger partial charge >= 0.3 is 0 Å². The molecule has 126 valence electrons. The molecule has 6 heteroatoms. The first kappa shape index (κ1) is 20.7. The molecule has 0 fully saturated rings. The second-order valence-corrected chi connectivity index (χ2v) is 4.94. The lowest BCUT2D eigenvalue weighted by atomic mass is 10.1. The van der Waals surface area contributed by atoms with Gasteiger partial charge in [-0.25, -0.2) is 0 Å². The summed E-state index contributed by atoms with van der Waals surface area (Å²) in [7, 11) is 3.53. The minimum absolute atomic E-state index is 0. The van der Waals surface area contributed by atoms with Gasteiger partial charge in [-0.2, -0.15) is 0 Å². The van der Waals surface area contributed by atoms with Crippen molar-refractivity contribution in [1.82, 2.24) is 10.6 Å². The van der Waals surface area contributed by atoms with E-state index in [1.165, 1.54) is 0 Å². The monoisotopic (exact) mass is 330 g/mol. The van der Waals surface area contributed by atoms with E-state index in [9.17, 15) is 4.79 Å². The largest absolute Gasteiger partial charge is 0.491 e. The highest BCUT2D eigenvalue weighted by molar-refractivity contribution is 5.85. The molecular weight excluding hydrogens is 304 g/mol. The Kier molecular flexibility index (Phi) is 11.5. The smallest absolute Gasteiger partial charge is 0.220 e. The summed E-state index contributed by atoms with van der Waals surface area (Å²) >= 11 is 0. The first-order valence-corrected chi connectivity index (χ1v) is 7.30. The second kappa shape index (κ2) is 12.3. The van der Waals surface area contributed by atoms with E-state index in [2.05, 4.69) is 10.6 Å². The minimum Gasteiger partial charge on any atom is -0.491 e. The molecule has 0 atom stereocenters. The molecule has 2 N–H and O–H groups in total. The fourth-order valence-electron chi connectivity index (χ4n) is 1.89. The van der Waals surface area contributed by atoms with Gasteiger partial charge in [0.2, 0.25) is 5.91 Å². The molecule has 0 aliphatic rings. The molecule has 1 amide bonds. The van der Waals surface area contributed by atoms with Crippen molar-refractivity contribution in [2.24, 2.45) is 0 Å². The number of hydrogen-bond donors (Lipinski definition) is 2. The Morgan fingerprint density at radius 1 is 1.27 bits per heavy atom. The summed E-state index contributed by atoms with van der Waals surface area (Å²) in [6, 6.07) is 6.00. The van der Waals surface area contributed by atoms with Gasteiger partial charge < -0.3 is 20.1 Å². The molecule has 0 spiro atoms. The quantitative estimate of drug-likeness (QED) is 0.645. The second-order valence-electron chi connectivity index (χ2n) is 4.94. The standard InChI is InChI=1S/C16H26N2O3.ClH/c1-13-6-7-14(15(11-13)21-10-9-20-3)12-18-16(19)5-4-8-17-2;/h6-7,11,17H,4-5,8-10,12H2,1-3H3,(H,18,19);1H. The van der Waals surface area contributed by atoms with Gasteiger partial charge in [0.25, 0.3) is 0 Å². The van der Waals surface area contributed by atoms with Crippen LogP contribution >= 0.6 is 12.4 Å². The molecule has 0 bridgehead atoms. The van der Waals surface area contributed by atoms with Gasteiger partial charge in [-0.1, -0.05) is 12.1 Å². The topological polar surface area (TPSA) is 59.6 Å². The fourth-order valence-corrected chi connectivity index (χ4v) is 1.89. The average Bonchev–Trinajstić information content (AvgIpc) is 2.47. The van der Waals surface area contributed by atoms with Crippen molar-refractivity contribution in [3.05, 3.63) is 29.3 Å². The van der Waals surface area contributed by atoms with Gasteiger partial charge in [-0.15, -0.1) is 12.4 Å². The highest BCUT2D eigenvalue weighted by Crippen LogP contribution is 2.20. The Morgan fingerprint density at radius 3 is 2.73 bits per heavy atom. The zero-order valence-electron chi connectivity index (χ0n) is 13.6. The summed E-state index contributed by atoms with van der Waals surface area (Å²) in [5.74, 6) is 0.872. The van der Waals surface area contributed by atoms with Crippen LogP contribution in [-0.4, -0.2) is 39.8 Å². The number of halogens is 1. The lowest BCUT2D eigenvalue weighted by Crippen LogP contribution is -2.24. The van der Waals surface area contributed by atoms with Crippen molar-refractivity contribution in [3.8, 4) is 5.75 Å². The van der Waals surface area contributed by atoms with Crippen LogP contribution in [-0.2, 0) is 16.1 Å². The van der Waals surface area contributed by atoms with Crippen LogP contribution in [0.4, 0.5) is 0 Å². The zero-order valence-corrected chi connectivity index (χ0v) is 14.4. The van der Waals surface area contributed by atoms with Gasteiger partial charge in [0, 0.05) is 25.6 Å². The molecule has 1 rings (SSSR count). The minimum atomic E-state index is 0. The predicted molar refractivity (Wildman–Crippen MR) is 90.8 cm³/mol. The molecule has 0 saturated carbocycles. The van der Waals surface area contributed by atoms with E-state index in [1.807, 2.05) is 32.2 Å². The maximum Gasteiger partial charge on any atom is 0.220 e. The molecule has 0 aromatic heterocycles. The number of hydrogen-bond acceptors (Lipinski definition) is 4. The Labute approximate surface area is 139 Å². The fraction of sp³-hybridized carbons (Fsp3) is 0.562. The molecule has 1 aromatic rings. The molecule has 0 heterocycles. The first-order chi connectivity index (χ1) is 10.2. The Balaban J connectivity index is 0.00000441. The van der Waals surface area contributed by atoms with Gasteiger partial charge in [0.05, 0.1) is 6.61 Å². The highest BCUT2D eigenvalue weighted by Gasteiger charge is 2.07. The summed E-state index contributed by atoms with van der Waals surface area (Å²) in [6.07, 6.45) is 1.37. The molecule has 0 aliphatic carbocycles. The third-order valence-electron chi connectivity index (χ3n) is 3.07. The molecule has 5 nitrogen and oxygen atoms in total. The summed E-state index contributed by atoms with van der Waals surface area (Å²) in [4.78, 5) is 11.7. The summed E-state index contributed by atoms with van der Waals surface area (Å²) in [5.41, 5.74) is 2.12. The number of nitrogens with one attached hydrogen (secondary N) is 2. The summed E-state index contributed by atoms with van der Waals surface area (Å²) in [5, 5.41) is 5.96. The Bertz CT molecular complexity index is 441. The lowest BCUT2D eigenvalue weighted by molar-refractivity contribution is -0.121. The van der Waals surface area contributed by atoms with Crippen LogP contribution in [0.15, 0.2) is 18.2 Å². The third kappa shape index (κ3) is 8.22. The molecule has 0 unspecified atom stereocenters. The molecule has 1 aromatic carbocycles. The summed E-state index contributed by atoms with van der Waals surface area (Å²) in [6.45, 7) is 4.40. The molecular formula is C16H27ClN2O3. The number of benzene rings is 1. The van der Waals surface area contributed by atoms with E-state index in [4.69, 9.17) is 9.47 Å². The number of methoxy groups -OCH3 is 1. The van der Waals surface area contributed by atoms with Crippen LogP contribution in [0.5, 0.6) is 5.75 Å². The first-order valence-electron chi connectivity index (χ1n) is 7.30. The average molecular weight is 331 g/mol. The van der Waals surface area contributed by atoms with E-state index in [1.54, 1.807) is 7.11 Å². The van der Waals surface area contributed by atoms with E-state index in [0.29, 0.717) is 26.2 Å². The van der Waals surface area contributed by atoms with Crippen molar-refractivity contribution < 1.29 is 14.3 Å². The summed E-state index contributed by atoms with van der Waals surface area (Å²) < 4.78 is 10.7. The maximum atomic E-state index is 11.7. The van der Waals surface area contributed by atoms with Gasteiger partial charge in [-0.3, -0.25) is 4.79 Å². The van der Waals surface area contributed by atoms with Crippen molar-refractivity contribution in [3.63, 3.8) is 0 Å². The molecule has 0 radical (unpaired) electrons. The molecule has 0 saturated heterocycles. The van der Waals surface area contributed by atoms with Crippen molar-refractivity contribution in [2.75, 3.05) is 33.9 Å². The number of amides is 1. The SMILES string of the molecule is CNCCCC(=O)NCc1ccc(C)cc1OCCOC.Cl. The van der Waals surface area contributed by atoms with Crippen LogP contribution in [0.2, 0.25) is 0 Å². The van der Waals surface area contributed by atoms with E-state index in [0.717, 1.165) is 29.8 Å². The third-order valence-corrected chi connectivity index (χ3v) is 3.07. The molecule has 0 aliphatic heterocycles. The van der Waals surface area contributed by atoms with Crippen LogP contribution in [0.25, 0.3) is 0 Å². The Morgan fingerprint density at radius 2 is 2.05 bits per heavy atom. The van der Waals surface area contributed by atoms with Crippen molar-refractivity contribution in [2.45, 2.75) is 26.3 Å². The predicted octanol–water partition coefficient (Wildman–Crippen LogP) is 2.06. The van der Waals surface area contributed by atoms with Crippen LogP contribution in [0, 0.1) is 6.92 Å². The van der Waals surface area contributed by atoms with Crippen LogP contribution in [0.3, 0.4) is 0 Å². The Hall–Kier alpha value is -1.30.